The molecule has 0 aliphatic carbocycles. The summed E-state index contributed by atoms with van der Waals surface area (Å²) in [4.78, 5) is 0. The highest BCUT2D eigenvalue weighted by Gasteiger charge is 2.28. The van der Waals surface area contributed by atoms with Crippen LogP contribution in [0.25, 0.3) is 0 Å². The molecule has 1 heterocycles. The van der Waals surface area contributed by atoms with Gasteiger partial charge in [-0.05, 0) is 45.7 Å². The Kier molecular flexibility index (Phi) is 2.10. The van der Waals surface area contributed by atoms with Gasteiger partial charge in [-0.3, -0.25) is 0 Å². The first kappa shape index (κ1) is 8.46. The van der Waals surface area contributed by atoms with Crippen LogP contribution < -0.4 is 5.46 Å². The topological polar surface area (TPSA) is 29.5 Å². The van der Waals surface area contributed by atoms with Crippen molar-refractivity contribution in [1.29, 1.82) is 0 Å². The largest absolute Gasteiger partial charge is 0.491 e. The fourth-order valence-corrected chi connectivity index (χ4v) is 1.71. The van der Waals surface area contributed by atoms with Crippen molar-refractivity contribution in [2.45, 2.75) is 6.61 Å². The zero-order chi connectivity index (χ0) is 8.72. The standard InChI is InChI=1S/C7H5BFIO2/c9-6-1-4-3-12-8(11)5(4)2-7(6)10/h1-2,11H,3H2. The molecule has 0 spiro atoms. The maximum absolute atomic E-state index is 13.0. The smallest absolute Gasteiger partial charge is 0.423 e. The van der Waals surface area contributed by atoms with E-state index in [1.54, 1.807) is 6.07 Å². The van der Waals surface area contributed by atoms with Gasteiger partial charge < -0.3 is 9.68 Å². The van der Waals surface area contributed by atoms with Gasteiger partial charge >= 0.3 is 7.12 Å². The highest BCUT2D eigenvalue weighted by molar-refractivity contribution is 14.1. The fraction of sp³-hybridized carbons (Fsp3) is 0.143. The number of rotatable bonds is 0. The summed E-state index contributed by atoms with van der Waals surface area (Å²) in [6.45, 7) is 0.296. The van der Waals surface area contributed by atoms with Crippen molar-refractivity contribution in [1.82, 2.24) is 0 Å². The molecule has 0 bridgehead atoms. The van der Waals surface area contributed by atoms with Crippen molar-refractivity contribution in [3.8, 4) is 0 Å². The minimum Gasteiger partial charge on any atom is -0.423 e. The van der Waals surface area contributed by atoms with Crippen molar-refractivity contribution in [2.24, 2.45) is 0 Å². The highest BCUT2D eigenvalue weighted by Crippen LogP contribution is 2.16. The Morgan fingerprint density at radius 2 is 2.33 bits per heavy atom. The Labute approximate surface area is 83.0 Å². The second kappa shape index (κ2) is 2.97. The van der Waals surface area contributed by atoms with Gasteiger partial charge in [0.05, 0.1) is 6.61 Å². The Morgan fingerprint density at radius 3 is 3.08 bits per heavy atom. The molecule has 0 amide bonds. The van der Waals surface area contributed by atoms with Crippen molar-refractivity contribution in [3.63, 3.8) is 0 Å². The van der Waals surface area contributed by atoms with Crippen molar-refractivity contribution >= 4 is 35.2 Å². The third kappa shape index (κ3) is 1.25. The molecule has 1 aromatic rings. The molecular formula is C7H5BFIO2. The van der Waals surface area contributed by atoms with Gasteiger partial charge in [0.25, 0.3) is 0 Å². The van der Waals surface area contributed by atoms with Gasteiger partial charge in [-0.25, -0.2) is 4.39 Å². The predicted molar refractivity (Wildman–Crippen MR) is 51.5 cm³/mol. The maximum atomic E-state index is 13.0. The number of fused-ring (bicyclic) bond motifs is 1. The van der Waals surface area contributed by atoms with Crippen molar-refractivity contribution in [3.05, 3.63) is 27.1 Å². The summed E-state index contributed by atoms with van der Waals surface area (Å²) in [7, 11) is -0.880. The van der Waals surface area contributed by atoms with Gasteiger partial charge in [-0.15, -0.1) is 0 Å². The lowest BCUT2D eigenvalue weighted by molar-refractivity contribution is 0.275. The summed E-state index contributed by atoms with van der Waals surface area (Å²) in [6.07, 6.45) is 0. The molecular weight excluding hydrogens is 273 g/mol. The Bertz CT molecular complexity index is 331. The average molecular weight is 278 g/mol. The minimum atomic E-state index is -0.880. The minimum absolute atomic E-state index is 0.257. The van der Waals surface area contributed by atoms with Gasteiger partial charge in [0.15, 0.2) is 0 Å². The number of halogens is 2. The Morgan fingerprint density at radius 1 is 1.58 bits per heavy atom. The molecule has 12 heavy (non-hydrogen) atoms. The van der Waals surface area contributed by atoms with Crippen LogP contribution in [-0.2, 0) is 11.3 Å². The summed E-state index contributed by atoms with van der Waals surface area (Å²) in [5.74, 6) is -0.257. The fourth-order valence-electron chi connectivity index (χ4n) is 1.22. The lowest BCUT2D eigenvalue weighted by atomic mass is 9.80. The van der Waals surface area contributed by atoms with Crippen LogP contribution in [0.3, 0.4) is 0 Å². The zero-order valence-electron chi connectivity index (χ0n) is 6.05. The molecule has 2 rings (SSSR count). The zero-order valence-corrected chi connectivity index (χ0v) is 8.21. The molecule has 1 aromatic carbocycles. The molecule has 0 aromatic heterocycles. The van der Waals surface area contributed by atoms with E-state index in [1.165, 1.54) is 6.07 Å². The lowest BCUT2D eigenvalue weighted by Gasteiger charge is -1.99. The summed E-state index contributed by atoms with van der Waals surface area (Å²) < 4.78 is 18.4. The number of benzene rings is 1. The third-order valence-electron chi connectivity index (χ3n) is 1.84. The summed E-state index contributed by atoms with van der Waals surface area (Å²) in [6, 6.07) is 3.02. The van der Waals surface area contributed by atoms with E-state index in [9.17, 15) is 9.41 Å². The lowest BCUT2D eigenvalue weighted by Crippen LogP contribution is -2.28. The second-order valence-corrected chi connectivity index (χ2v) is 3.79. The predicted octanol–water partition coefficient (Wildman–Crippen LogP) is 0.648. The first-order valence-corrected chi connectivity index (χ1v) is 4.54. The van der Waals surface area contributed by atoms with Gasteiger partial charge in [-0.1, -0.05) is 0 Å². The van der Waals surface area contributed by atoms with E-state index in [2.05, 4.69) is 0 Å². The molecule has 1 aliphatic heterocycles. The third-order valence-corrected chi connectivity index (χ3v) is 2.67. The van der Waals surface area contributed by atoms with Gasteiger partial charge in [0.1, 0.15) is 5.82 Å². The van der Waals surface area contributed by atoms with E-state index < -0.39 is 7.12 Å². The number of hydrogen-bond donors (Lipinski definition) is 1. The summed E-state index contributed by atoms with van der Waals surface area (Å²) in [5.41, 5.74) is 1.42. The average Bonchev–Trinajstić information content (AvgIpc) is 2.35. The van der Waals surface area contributed by atoms with E-state index in [0.717, 1.165) is 5.56 Å². The molecule has 0 fully saturated rings. The number of hydrogen-bond acceptors (Lipinski definition) is 2. The molecule has 0 saturated carbocycles. The molecule has 2 nitrogen and oxygen atoms in total. The molecule has 5 heteroatoms. The Balaban J connectivity index is 2.56. The van der Waals surface area contributed by atoms with Gasteiger partial charge in [0, 0.05) is 3.57 Å². The molecule has 0 saturated heterocycles. The van der Waals surface area contributed by atoms with Crippen LogP contribution >= 0.6 is 22.6 Å². The molecule has 0 atom stereocenters. The van der Waals surface area contributed by atoms with Crippen LogP contribution in [0.5, 0.6) is 0 Å². The first-order valence-electron chi connectivity index (χ1n) is 3.46. The SMILES string of the molecule is OB1OCc2cc(F)c(I)cc21. The molecule has 1 N–H and O–H groups in total. The maximum Gasteiger partial charge on any atom is 0.491 e. The highest BCUT2D eigenvalue weighted by atomic mass is 127. The van der Waals surface area contributed by atoms with E-state index in [1.807, 2.05) is 22.6 Å². The molecule has 1 aliphatic rings. The van der Waals surface area contributed by atoms with Crippen LogP contribution in [-0.4, -0.2) is 12.1 Å². The monoisotopic (exact) mass is 278 g/mol. The van der Waals surface area contributed by atoms with E-state index in [0.29, 0.717) is 15.6 Å². The second-order valence-electron chi connectivity index (χ2n) is 2.63. The van der Waals surface area contributed by atoms with Crippen LogP contribution in [0.15, 0.2) is 12.1 Å². The first-order chi connectivity index (χ1) is 5.68. The van der Waals surface area contributed by atoms with Gasteiger partial charge in [-0.2, -0.15) is 0 Å². The van der Waals surface area contributed by atoms with Crippen LogP contribution in [0.2, 0.25) is 0 Å². The summed E-state index contributed by atoms with van der Waals surface area (Å²) >= 11 is 1.89. The quantitative estimate of drug-likeness (QED) is 0.557. The van der Waals surface area contributed by atoms with E-state index >= 15 is 0 Å². The van der Waals surface area contributed by atoms with Crippen LogP contribution in [0.4, 0.5) is 4.39 Å². The molecule has 0 unspecified atom stereocenters. The van der Waals surface area contributed by atoms with E-state index in [-0.39, 0.29) is 5.82 Å². The summed E-state index contributed by atoms with van der Waals surface area (Å²) in [5, 5.41) is 9.25. The van der Waals surface area contributed by atoms with E-state index in [4.69, 9.17) is 4.65 Å². The van der Waals surface area contributed by atoms with Crippen molar-refractivity contribution < 1.29 is 14.1 Å². The van der Waals surface area contributed by atoms with Crippen molar-refractivity contribution in [2.75, 3.05) is 0 Å². The Hall–Kier alpha value is -0.135. The molecule has 62 valence electrons. The van der Waals surface area contributed by atoms with Crippen LogP contribution in [0, 0.1) is 9.39 Å². The normalized spacial score (nSPS) is 15.1. The molecule has 0 radical (unpaired) electrons. The van der Waals surface area contributed by atoms with Gasteiger partial charge in [0.2, 0.25) is 0 Å². The van der Waals surface area contributed by atoms with Crippen LogP contribution in [0.1, 0.15) is 5.56 Å².